The van der Waals surface area contributed by atoms with Crippen LogP contribution in [0.25, 0.3) is 0 Å². The lowest BCUT2D eigenvalue weighted by Crippen LogP contribution is -2.48. The monoisotopic (exact) mass is 397 g/mol. The molecule has 0 saturated heterocycles. The fourth-order valence-corrected chi connectivity index (χ4v) is 2.96. The lowest BCUT2D eigenvalue weighted by Gasteiger charge is -2.21. The Labute approximate surface area is 170 Å². The molecule has 1 aromatic carbocycles. The molecule has 2 rings (SSSR count). The average Bonchev–Trinajstić information content (AvgIpc) is 2.66. The van der Waals surface area contributed by atoms with Crippen LogP contribution in [-0.4, -0.2) is 22.3 Å². The van der Waals surface area contributed by atoms with E-state index in [2.05, 4.69) is 32.3 Å². The van der Waals surface area contributed by atoms with E-state index in [4.69, 9.17) is 12.6 Å². The van der Waals surface area contributed by atoms with Crippen molar-refractivity contribution in [3.8, 4) is 0 Å². The number of nitro benzene ring substituents is 1. The summed E-state index contributed by atoms with van der Waals surface area (Å²) >= 11 is 5.40. The lowest BCUT2D eigenvalue weighted by atomic mass is 9.88. The van der Waals surface area contributed by atoms with E-state index < -0.39 is 11.0 Å². The quantitative estimate of drug-likeness (QED) is 0.104. The fraction of sp³-hybridized carbons (Fsp3) is 0.286. The maximum atomic E-state index is 13.2. The number of non-ortho nitro benzene ring substituents is 1. The van der Waals surface area contributed by atoms with Crippen LogP contribution in [0.2, 0.25) is 0 Å². The number of carbonyl (C=O) groups excluding carboxylic acids is 1. The van der Waals surface area contributed by atoms with Gasteiger partial charge in [0.25, 0.3) is 5.69 Å². The SMILES string of the molecule is C=CCN=C([S-])[C@H](C(=O)c1cccc([N+](=O)[O-])c1)[n+]1ccc(C(C)(C)C)cc1. The number of Topliss-reactive ketones (excluding diaryl/α,β-unsaturated/α-hetero) is 1. The smallest absolute Gasteiger partial charge is 0.270 e. The Morgan fingerprint density at radius 3 is 2.50 bits per heavy atom. The zero-order valence-electron chi connectivity index (χ0n) is 16.2. The van der Waals surface area contributed by atoms with E-state index in [0.717, 1.165) is 5.56 Å². The molecule has 28 heavy (non-hydrogen) atoms. The fourth-order valence-electron chi connectivity index (χ4n) is 2.66. The molecular formula is C21H23N3O3S. The van der Waals surface area contributed by atoms with Crippen LogP contribution < -0.4 is 4.57 Å². The molecule has 0 N–H and O–H groups in total. The van der Waals surface area contributed by atoms with Crippen LogP contribution in [0.5, 0.6) is 0 Å². The minimum Gasteiger partial charge on any atom is -0.758 e. The molecule has 2 aromatic rings. The van der Waals surface area contributed by atoms with Crippen molar-refractivity contribution in [2.24, 2.45) is 4.99 Å². The van der Waals surface area contributed by atoms with E-state index in [0.29, 0.717) is 0 Å². The molecule has 7 heteroatoms. The molecular weight excluding hydrogens is 374 g/mol. The molecule has 0 unspecified atom stereocenters. The van der Waals surface area contributed by atoms with Gasteiger partial charge in [0.05, 0.1) is 11.5 Å². The molecule has 6 nitrogen and oxygen atoms in total. The van der Waals surface area contributed by atoms with Gasteiger partial charge in [-0.05, 0) is 16.0 Å². The zero-order chi connectivity index (χ0) is 20.9. The number of pyridine rings is 1. The van der Waals surface area contributed by atoms with Crippen molar-refractivity contribution in [1.29, 1.82) is 0 Å². The van der Waals surface area contributed by atoms with Crippen LogP contribution >= 0.6 is 0 Å². The minimum absolute atomic E-state index is 0.0354. The van der Waals surface area contributed by atoms with Crippen molar-refractivity contribution in [2.75, 3.05) is 6.54 Å². The molecule has 0 aliphatic carbocycles. The number of nitro groups is 1. The Hall–Kier alpha value is -2.93. The molecule has 0 amide bonds. The van der Waals surface area contributed by atoms with E-state index in [-0.39, 0.29) is 34.0 Å². The first-order chi connectivity index (χ1) is 13.1. The number of hydrogen-bond donors (Lipinski definition) is 0. The van der Waals surface area contributed by atoms with Crippen LogP contribution in [-0.2, 0) is 18.0 Å². The number of rotatable bonds is 7. The third-order valence-electron chi connectivity index (χ3n) is 4.22. The van der Waals surface area contributed by atoms with E-state index in [1.165, 1.54) is 18.2 Å². The van der Waals surface area contributed by atoms with Crippen molar-refractivity contribution < 1.29 is 14.3 Å². The van der Waals surface area contributed by atoms with Crippen molar-refractivity contribution >= 4 is 29.1 Å². The topological polar surface area (TPSA) is 76.4 Å². The summed E-state index contributed by atoms with van der Waals surface area (Å²) in [7, 11) is 0. The highest BCUT2D eigenvalue weighted by atomic mass is 32.1. The second-order valence-corrected chi connectivity index (χ2v) is 7.74. The average molecular weight is 398 g/mol. The van der Waals surface area contributed by atoms with Crippen molar-refractivity contribution in [1.82, 2.24) is 0 Å². The third-order valence-corrected chi connectivity index (χ3v) is 4.57. The number of aliphatic imine (C=N–C) groups is 1. The van der Waals surface area contributed by atoms with Crippen LogP contribution in [0.15, 0.2) is 66.4 Å². The summed E-state index contributed by atoms with van der Waals surface area (Å²) in [5.74, 6) is -0.352. The number of ketones is 1. The molecule has 0 saturated carbocycles. The molecule has 1 aromatic heterocycles. The van der Waals surface area contributed by atoms with Gasteiger partial charge in [0.2, 0.25) is 11.8 Å². The van der Waals surface area contributed by atoms with Crippen LogP contribution in [0.1, 0.15) is 42.7 Å². The normalized spacial score (nSPS) is 13.0. The highest BCUT2D eigenvalue weighted by Gasteiger charge is 2.29. The second kappa shape index (κ2) is 8.84. The first kappa shape index (κ1) is 21.4. The number of carbonyl (C=O) groups is 1. The Bertz CT molecular complexity index is 915. The van der Waals surface area contributed by atoms with Crippen molar-refractivity contribution in [3.05, 3.63) is 82.7 Å². The number of benzene rings is 1. The van der Waals surface area contributed by atoms with Gasteiger partial charge in [-0.2, -0.15) is 4.57 Å². The van der Waals surface area contributed by atoms with Gasteiger partial charge in [0.1, 0.15) is 0 Å². The highest BCUT2D eigenvalue weighted by molar-refractivity contribution is 7.77. The van der Waals surface area contributed by atoms with Gasteiger partial charge in [-0.15, -0.1) is 6.58 Å². The number of hydrogen-bond acceptors (Lipinski definition) is 5. The summed E-state index contributed by atoms with van der Waals surface area (Å²) in [6.07, 6.45) is 5.17. The molecule has 0 aliphatic heterocycles. The summed E-state index contributed by atoms with van der Waals surface area (Å²) in [5, 5.41) is 11.3. The maximum absolute atomic E-state index is 13.2. The van der Waals surface area contributed by atoms with Gasteiger partial charge in [0.15, 0.2) is 12.4 Å². The van der Waals surface area contributed by atoms with E-state index in [1.54, 1.807) is 29.1 Å². The minimum atomic E-state index is -0.869. The Balaban J connectivity index is 2.50. The van der Waals surface area contributed by atoms with Crippen molar-refractivity contribution in [2.45, 2.75) is 32.2 Å². The van der Waals surface area contributed by atoms with E-state index >= 15 is 0 Å². The van der Waals surface area contributed by atoms with Gasteiger partial charge in [-0.1, -0.05) is 39.0 Å². The van der Waals surface area contributed by atoms with Gasteiger partial charge in [0, 0.05) is 29.8 Å². The molecule has 0 aliphatic rings. The van der Waals surface area contributed by atoms with E-state index in [1.807, 2.05) is 12.1 Å². The summed E-state index contributed by atoms with van der Waals surface area (Å²) in [5.41, 5.74) is 1.14. The van der Waals surface area contributed by atoms with Crippen LogP contribution in [0, 0.1) is 10.1 Å². The summed E-state index contributed by atoms with van der Waals surface area (Å²) in [4.78, 5) is 27.9. The molecule has 0 fully saturated rings. The molecule has 0 spiro atoms. The largest absolute Gasteiger partial charge is 0.758 e. The van der Waals surface area contributed by atoms with Crippen LogP contribution in [0.3, 0.4) is 0 Å². The first-order valence-electron chi connectivity index (χ1n) is 8.77. The first-order valence-corrected chi connectivity index (χ1v) is 9.18. The molecule has 1 heterocycles. The molecule has 1 atom stereocenters. The maximum Gasteiger partial charge on any atom is 0.270 e. The van der Waals surface area contributed by atoms with Gasteiger partial charge in [-0.3, -0.25) is 14.9 Å². The van der Waals surface area contributed by atoms with Gasteiger partial charge >= 0.3 is 0 Å². The number of nitrogens with zero attached hydrogens (tertiary/aromatic N) is 3. The van der Waals surface area contributed by atoms with Gasteiger partial charge < -0.3 is 17.6 Å². The summed E-state index contributed by atoms with van der Waals surface area (Å²) in [6, 6.07) is 8.63. The van der Waals surface area contributed by atoms with Crippen LogP contribution in [0.4, 0.5) is 5.69 Å². The summed E-state index contributed by atoms with van der Waals surface area (Å²) < 4.78 is 1.69. The Morgan fingerprint density at radius 1 is 1.32 bits per heavy atom. The zero-order valence-corrected chi connectivity index (χ0v) is 17.0. The Morgan fingerprint density at radius 2 is 1.96 bits per heavy atom. The highest BCUT2D eigenvalue weighted by Crippen LogP contribution is 2.21. The summed E-state index contributed by atoms with van der Waals surface area (Å²) in [6.45, 7) is 10.2. The standard InChI is InChI=1S/C21H23N3O3S/c1-5-11-22-20(28)18(23-12-9-16(10-13-23)21(2,3)4)19(25)15-7-6-8-17(14-15)24(26)27/h5-10,12-14,18H,1,11H2,2-4H3/t18-/m0/s1. The lowest BCUT2D eigenvalue weighted by molar-refractivity contribution is -0.692. The van der Waals surface area contributed by atoms with Crippen molar-refractivity contribution in [3.63, 3.8) is 0 Å². The predicted molar refractivity (Wildman–Crippen MR) is 112 cm³/mol. The van der Waals surface area contributed by atoms with E-state index in [9.17, 15) is 14.9 Å². The molecule has 0 radical (unpaired) electrons. The third kappa shape index (κ3) is 5.07. The molecule has 146 valence electrons. The second-order valence-electron chi connectivity index (χ2n) is 7.33. The predicted octanol–water partition coefficient (Wildman–Crippen LogP) is 3.74. The molecule has 0 bridgehead atoms. The number of aromatic nitrogens is 1. The Kier molecular flexibility index (Phi) is 6.75. The van der Waals surface area contributed by atoms with Gasteiger partial charge in [-0.25, -0.2) is 0 Å².